The molecule has 0 bridgehead atoms. The van der Waals surface area contributed by atoms with E-state index < -0.39 is 0 Å². The highest BCUT2D eigenvalue weighted by molar-refractivity contribution is 7.22. The number of thiazole rings is 1. The monoisotopic (exact) mass is 420 g/mol. The van der Waals surface area contributed by atoms with Crippen molar-refractivity contribution in [2.75, 3.05) is 18.1 Å². The highest BCUT2D eigenvalue weighted by Gasteiger charge is 2.29. The SMILES string of the molecule is Cn1nc(C(=O)N(C[C@H]2CCCO2)c2nc3ccccc3s2)c2ccccc2c1=O. The molecule has 0 spiro atoms. The number of fused-ring (bicyclic) bond motifs is 2. The zero-order valence-corrected chi connectivity index (χ0v) is 17.3. The maximum Gasteiger partial charge on any atom is 0.281 e. The van der Waals surface area contributed by atoms with Crippen LogP contribution in [0.15, 0.2) is 53.3 Å². The van der Waals surface area contributed by atoms with Crippen LogP contribution in [0.2, 0.25) is 0 Å². The maximum atomic E-state index is 13.7. The first-order valence-corrected chi connectivity index (χ1v) is 10.7. The molecule has 1 amide bonds. The lowest BCUT2D eigenvalue weighted by atomic mass is 10.1. The number of hydrogen-bond donors (Lipinski definition) is 0. The topological polar surface area (TPSA) is 77.3 Å². The average molecular weight is 420 g/mol. The summed E-state index contributed by atoms with van der Waals surface area (Å²) in [7, 11) is 1.56. The molecule has 0 unspecified atom stereocenters. The van der Waals surface area contributed by atoms with E-state index in [0.29, 0.717) is 29.1 Å². The van der Waals surface area contributed by atoms with Crippen molar-refractivity contribution in [2.24, 2.45) is 7.05 Å². The predicted octanol–water partition coefficient (Wildman–Crippen LogP) is 3.37. The van der Waals surface area contributed by atoms with Crippen LogP contribution in [0.3, 0.4) is 0 Å². The number of carbonyl (C=O) groups excluding carboxylic acids is 1. The summed E-state index contributed by atoms with van der Waals surface area (Å²) in [5.74, 6) is -0.281. The zero-order chi connectivity index (χ0) is 20.7. The molecule has 4 aromatic rings. The van der Waals surface area contributed by atoms with Gasteiger partial charge in [0.1, 0.15) is 0 Å². The Kier molecular flexibility index (Phi) is 4.80. The van der Waals surface area contributed by atoms with E-state index in [2.05, 4.69) is 5.10 Å². The van der Waals surface area contributed by atoms with Gasteiger partial charge in [-0.3, -0.25) is 14.5 Å². The van der Waals surface area contributed by atoms with Gasteiger partial charge in [0.25, 0.3) is 11.5 Å². The van der Waals surface area contributed by atoms with E-state index in [0.717, 1.165) is 23.1 Å². The molecular weight excluding hydrogens is 400 g/mol. The third-order valence-corrected chi connectivity index (χ3v) is 6.39. The second-order valence-corrected chi connectivity index (χ2v) is 8.35. The minimum absolute atomic E-state index is 0.0419. The van der Waals surface area contributed by atoms with E-state index in [4.69, 9.17) is 9.72 Å². The Hall–Kier alpha value is -3.10. The summed E-state index contributed by atoms with van der Waals surface area (Å²) in [6.45, 7) is 1.10. The first-order chi connectivity index (χ1) is 14.6. The number of aromatic nitrogens is 3. The second-order valence-electron chi connectivity index (χ2n) is 7.34. The Balaban J connectivity index is 1.64. The molecule has 7 nitrogen and oxygen atoms in total. The number of rotatable bonds is 4. The molecule has 1 fully saturated rings. The Morgan fingerprint density at radius 3 is 2.73 bits per heavy atom. The van der Waals surface area contributed by atoms with Crippen molar-refractivity contribution < 1.29 is 9.53 Å². The van der Waals surface area contributed by atoms with Gasteiger partial charge in [-0.15, -0.1) is 0 Å². The van der Waals surface area contributed by atoms with Crippen molar-refractivity contribution in [3.8, 4) is 0 Å². The summed E-state index contributed by atoms with van der Waals surface area (Å²) in [5.41, 5.74) is 0.860. The summed E-state index contributed by atoms with van der Waals surface area (Å²) in [6.07, 6.45) is 1.84. The summed E-state index contributed by atoms with van der Waals surface area (Å²) in [4.78, 5) is 32.6. The van der Waals surface area contributed by atoms with Crippen LogP contribution in [0.5, 0.6) is 0 Å². The zero-order valence-electron chi connectivity index (χ0n) is 16.4. The van der Waals surface area contributed by atoms with Crippen LogP contribution >= 0.6 is 11.3 Å². The third kappa shape index (κ3) is 3.28. The van der Waals surface area contributed by atoms with Crippen molar-refractivity contribution in [1.82, 2.24) is 14.8 Å². The number of para-hydroxylation sites is 1. The number of hydrogen-bond acceptors (Lipinski definition) is 6. The summed E-state index contributed by atoms with van der Waals surface area (Å²) >= 11 is 1.47. The number of carbonyl (C=O) groups is 1. The van der Waals surface area contributed by atoms with Gasteiger partial charge < -0.3 is 4.74 Å². The van der Waals surface area contributed by atoms with Crippen LogP contribution in [0.1, 0.15) is 23.3 Å². The van der Waals surface area contributed by atoms with Gasteiger partial charge in [-0.1, -0.05) is 41.7 Å². The van der Waals surface area contributed by atoms with Crippen molar-refractivity contribution >= 4 is 43.4 Å². The van der Waals surface area contributed by atoms with E-state index in [1.54, 1.807) is 30.1 Å². The van der Waals surface area contributed by atoms with Gasteiger partial charge in [0, 0.05) is 19.0 Å². The maximum absolute atomic E-state index is 13.7. The van der Waals surface area contributed by atoms with Crippen LogP contribution in [0.25, 0.3) is 21.0 Å². The molecule has 30 heavy (non-hydrogen) atoms. The molecular formula is C22H20N4O3S. The van der Waals surface area contributed by atoms with E-state index >= 15 is 0 Å². The Morgan fingerprint density at radius 2 is 1.97 bits per heavy atom. The van der Waals surface area contributed by atoms with Crippen LogP contribution in [-0.4, -0.2) is 39.9 Å². The predicted molar refractivity (Wildman–Crippen MR) is 117 cm³/mol. The largest absolute Gasteiger partial charge is 0.376 e. The molecule has 5 rings (SSSR count). The second kappa shape index (κ2) is 7.62. The fourth-order valence-corrected chi connectivity index (χ4v) is 4.77. The molecule has 0 N–H and O–H groups in total. The smallest absolute Gasteiger partial charge is 0.281 e. The van der Waals surface area contributed by atoms with Gasteiger partial charge in [0.15, 0.2) is 10.8 Å². The van der Waals surface area contributed by atoms with Crippen LogP contribution in [0, 0.1) is 0 Å². The van der Waals surface area contributed by atoms with Gasteiger partial charge in [-0.2, -0.15) is 5.10 Å². The molecule has 1 aliphatic heterocycles. The standard InChI is InChI=1S/C22H20N4O3S/c1-25-20(27)16-9-3-2-8-15(16)19(24-25)21(28)26(13-14-7-6-12-29-14)22-23-17-10-4-5-11-18(17)30-22/h2-5,8-11,14H,6-7,12-13H2,1H3/t14-/m1/s1. The molecule has 0 saturated carbocycles. The molecule has 0 radical (unpaired) electrons. The summed E-state index contributed by atoms with van der Waals surface area (Å²) in [6, 6.07) is 14.9. The van der Waals surface area contributed by atoms with Crippen LogP contribution in [-0.2, 0) is 11.8 Å². The molecule has 3 heterocycles. The lowest BCUT2D eigenvalue weighted by molar-refractivity contribution is 0.0913. The summed E-state index contributed by atoms with van der Waals surface area (Å²) in [5, 5.41) is 5.95. The Morgan fingerprint density at radius 1 is 1.20 bits per heavy atom. The summed E-state index contributed by atoms with van der Waals surface area (Å²) < 4.78 is 8.03. The van der Waals surface area contributed by atoms with Gasteiger partial charge in [0.05, 0.1) is 28.3 Å². The average Bonchev–Trinajstić information content (AvgIpc) is 3.43. The number of anilines is 1. The van der Waals surface area contributed by atoms with E-state index in [1.807, 2.05) is 30.3 Å². The van der Waals surface area contributed by atoms with Crippen LogP contribution in [0.4, 0.5) is 5.13 Å². The van der Waals surface area contributed by atoms with Crippen LogP contribution < -0.4 is 10.5 Å². The molecule has 8 heteroatoms. The lowest BCUT2D eigenvalue weighted by Gasteiger charge is -2.23. The highest BCUT2D eigenvalue weighted by atomic mass is 32.1. The van der Waals surface area contributed by atoms with E-state index in [9.17, 15) is 9.59 Å². The number of amides is 1. The lowest BCUT2D eigenvalue weighted by Crippen LogP contribution is -2.39. The fraction of sp³-hybridized carbons (Fsp3) is 0.273. The minimum atomic E-state index is -0.281. The van der Waals surface area contributed by atoms with Gasteiger partial charge >= 0.3 is 0 Å². The van der Waals surface area contributed by atoms with E-state index in [1.165, 1.54) is 16.0 Å². The highest BCUT2D eigenvalue weighted by Crippen LogP contribution is 2.31. The van der Waals surface area contributed by atoms with Gasteiger partial charge in [0.2, 0.25) is 0 Å². The minimum Gasteiger partial charge on any atom is -0.376 e. The molecule has 1 atom stereocenters. The number of benzene rings is 2. The molecule has 1 aliphatic rings. The molecule has 152 valence electrons. The normalized spacial score (nSPS) is 16.4. The number of nitrogens with zero attached hydrogens (tertiary/aromatic N) is 4. The van der Waals surface area contributed by atoms with Crippen molar-refractivity contribution in [2.45, 2.75) is 18.9 Å². The van der Waals surface area contributed by atoms with Crippen molar-refractivity contribution in [3.63, 3.8) is 0 Å². The fourth-order valence-electron chi connectivity index (χ4n) is 3.80. The van der Waals surface area contributed by atoms with Crippen molar-refractivity contribution in [3.05, 3.63) is 64.6 Å². The Labute approximate surface area is 176 Å². The number of ether oxygens (including phenoxy) is 1. The third-order valence-electron chi connectivity index (χ3n) is 5.33. The molecule has 1 saturated heterocycles. The van der Waals surface area contributed by atoms with Gasteiger partial charge in [-0.25, -0.2) is 9.67 Å². The number of aryl methyl sites for hydroxylation is 1. The van der Waals surface area contributed by atoms with E-state index in [-0.39, 0.29) is 23.3 Å². The van der Waals surface area contributed by atoms with Gasteiger partial charge in [-0.05, 0) is 31.0 Å². The first-order valence-electron chi connectivity index (χ1n) is 9.87. The molecule has 2 aromatic heterocycles. The first kappa shape index (κ1) is 18.9. The quantitative estimate of drug-likeness (QED) is 0.506. The molecule has 0 aliphatic carbocycles. The molecule has 2 aromatic carbocycles. The van der Waals surface area contributed by atoms with Crippen molar-refractivity contribution in [1.29, 1.82) is 0 Å². The Bertz CT molecular complexity index is 1270.